The summed E-state index contributed by atoms with van der Waals surface area (Å²) in [7, 11) is 0. The van der Waals surface area contributed by atoms with Crippen LogP contribution in [0.15, 0.2) is 152 Å². The highest BCUT2D eigenvalue weighted by molar-refractivity contribution is 5.93. The van der Waals surface area contributed by atoms with Crippen molar-refractivity contribution in [3.63, 3.8) is 0 Å². The molecular weight excluding hydrogens is 973 g/mol. The van der Waals surface area contributed by atoms with Gasteiger partial charge in [0.1, 0.15) is 0 Å². The molecule has 0 heteroatoms. The Morgan fingerprint density at radius 2 is 0.642 bits per heavy atom. The zero-order valence-corrected chi connectivity index (χ0v) is 51.8. The molecule has 8 aromatic carbocycles. The minimum absolute atomic E-state index is 0.000972. The highest BCUT2D eigenvalue weighted by Crippen LogP contribution is 2.63. The van der Waals surface area contributed by atoms with E-state index in [1.54, 1.807) is 11.1 Å². The third-order valence-electron chi connectivity index (χ3n) is 22.5. The maximum atomic E-state index is 2.65. The van der Waals surface area contributed by atoms with E-state index in [1.807, 2.05) is 0 Å². The summed E-state index contributed by atoms with van der Waals surface area (Å²) < 4.78 is 0. The van der Waals surface area contributed by atoms with Crippen LogP contribution in [0.1, 0.15) is 223 Å². The summed E-state index contributed by atoms with van der Waals surface area (Å²) in [6, 6.07) is 61.0. The Bertz CT molecular complexity index is 3710. The van der Waals surface area contributed by atoms with E-state index in [4.69, 9.17) is 0 Å². The van der Waals surface area contributed by atoms with E-state index in [0.29, 0.717) is 0 Å². The molecule has 0 radical (unpaired) electrons. The van der Waals surface area contributed by atoms with Crippen LogP contribution in [-0.2, 0) is 27.1 Å². The standard InChI is InChI=1S/C81H92/c1-14-16-18-20-22-26-44-81(45-27-23-21-19-17-15-2)68-29-25-24-28-61(68)66-41-34-57(50-74(66)81)56-33-40-64-63-39-32-55(48-71(63)77(6,7)72(64)49-56)54-31-38-60(58-35-42-65-62-37-30-53(3)46-70(62)76(4,5)73(65)51-58)67(47-54)59-36-43-69-75(52-59)79(10,11)80(12,13)78(69,8)9/h24-25,28-43,46-52H,14-23,26-27,44-45H2,1-13H3. The molecule has 0 fully saturated rings. The molecule has 0 bridgehead atoms. The number of hydrogen-bond donors (Lipinski definition) is 0. The fourth-order valence-corrected chi connectivity index (χ4v) is 16.3. The fraction of sp³-hybridized carbons (Fsp3) is 0.407. The third kappa shape index (κ3) is 8.80. The SMILES string of the molecule is CCCCCCCCC1(CCCCCCCC)c2ccccc2-c2ccc(-c3ccc4c(c3)C(C)(C)c3cc(-c5ccc(-c6ccc7c(c6)C(C)(C)c6cc(C)ccc6-7)c(-c6ccc7c(c6)C(C)(C)C(C)(C)C7(C)C)c5)ccc3-4)cc21. The molecule has 4 aliphatic rings. The van der Waals surface area contributed by atoms with Crippen LogP contribution in [0, 0.1) is 12.3 Å². The van der Waals surface area contributed by atoms with Crippen LogP contribution in [0.25, 0.3) is 77.9 Å². The lowest BCUT2D eigenvalue weighted by Crippen LogP contribution is -2.42. The predicted molar refractivity (Wildman–Crippen MR) is 350 cm³/mol. The minimum Gasteiger partial charge on any atom is -0.0654 e. The fourth-order valence-electron chi connectivity index (χ4n) is 16.3. The summed E-state index contributed by atoms with van der Waals surface area (Å²) in [5.74, 6) is 0. The van der Waals surface area contributed by atoms with Gasteiger partial charge in [-0.2, -0.15) is 0 Å². The van der Waals surface area contributed by atoms with Gasteiger partial charge in [-0.05, 0) is 189 Å². The molecule has 0 atom stereocenters. The van der Waals surface area contributed by atoms with Gasteiger partial charge in [0.2, 0.25) is 0 Å². The van der Waals surface area contributed by atoms with Gasteiger partial charge in [0.15, 0.2) is 0 Å². The summed E-state index contributed by atoms with van der Waals surface area (Å²) in [6.07, 6.45) is 18.5. The molecule has 0 amide bonds. The topological polar surface area (TPSA) is 0 Å². The first-order chi connectivity index (χ1) is 38.8. The van der Waals surface area contributed by atoms with Crippen LogP contribution in [0.4, 0.5) is 0 Å². The first-order valence-electron chi connectivity index (χ1n) is 31.9. The normalized spacial score (nSPS) is 17.2. The monoisotopic (exact) mass is 1060 g/mol. The van der Waals surface area contributed by atoms with Gasteiger partial charge >= 0.3 is 0 Å². The Balaban J connectivity index is 0.909. The average molecular weight is 1070 g/mol. The van der Waals surface area contributed by atoms with E-state index in [0.717, 1.165) is 0 Å². The highest BCUT2D eigenvalue weighted by Gasteiger charge is 2.57. The Labute approximate surface area is 489 Å². The molecule has 0 aliphatic heterocycles. The minimum atomic E-state index is -0.176. The second kappa shape index (κ2) is 20.6. The van der Waals surface area contributed by atoms with Gasteiger partial charge in [-0.3, -0.25) is 0 Å². The van der Waals surface area contributed by atoms with Crippen molar-refractivity contribution in [1.82, 2.24) is 0 Å². The van der Waals surface area contributed by atoms with Crippen LogP contribution in [0.2, 0.25) is 0 Å². The van der Waals surface area contributed by atoms with Gasteiger partial charge in [-0.25, -0.2) is 0 Å². The van der Waals surface area contributed by atoms with Crippen LogP contribution in [0.3, 0.4) is 0 Å². The first kappa shape index (κ1) is 55.3. The van der Waals surface area contributed by atoms with Crippen LogP contribution >= 0.6 is 0 Å². The molecule has 0 heterocycles. The van der Waals surface area contributed by atoms with E-state index >= 15 is 0 Å². The van der Waals surface area contributed by atoms with Crippen molar-refractivity contribution in [2.24, 2.45) is 5.41 Å². The predicted octanol–water partition coefficient (Wildman–Crippen LogP) is 23.6. The van der Waals surface area contributed by atoms with Gasteiger partial charge in [0.05, 0.1) is 0 Å². The van der Waals surface area contributed by atoms with Gasteiger partial charge < -0.3 is 0 Å². The molecule has 0 N–H and O–H groups in total. The van der Waals surface area contributed by atoms with Crippen LogP contribution in [-0.4, -0.2) is 0 Å². The van der Waals surface area contributed by atoms with Crippen molar-refractivity contribution >= 4 is 0 Å². The largest absolute Gasteiger partial charge is 0.0654 e. The molecule has 0 saturated heterocycles. The zero-order chi connectivity index (χ0) is 56.9. The van der Waals surface area contributed by atoms with Crippen LogP contribution < -0.4 is 0 Å². The van der Waals surface area contributed by atoms with Crippen LogP contribution in [0.5, 0.6) is 0 Å². The lowest BCUT2D eigenvalue weighted by molar-refractivity contribution is 0.125. The Morgan fingerprint density at radius 3 is 1.20 bits per heavy atom. The van der Waals surface area contributed by atoms with Crippen molar-refractivity contribution in [2.75, 3.05) is 0 Å². The number of fused-ring (bicyclic) bond motifs is 10. The number of rotatable bonds is 18. The van der Waals surface area contributed by atoms with Crippen molar-refractivity contribution in [2.45, 2.75) is 207 Å². The van der Waals surface area contributed by atoms with Crippen molar-refractivity contribution in [3.05, 3.63) is 202 Å². The van der Waals surface area contributed by atoms with E-state index in [2.05, 4.69) is 242 Å². The van der Waals surface area contributed by atoms with E-state index in [1.165, 1.54) is 207 Å². The molecule has 0 spiro atoms. The number of aryl methyl sites for hydroxylation is 1. The van der Waals surface area contributed by atoms with Gasteiger partial charge in [0.25, 0.3) is 0 Å². The molecule has 0 nitrogen and oxygen atoms in total. The van der Waals surface area contributed by atoms with Crippen molar-refractivity contribution in [3.8, 4) is 77.9 Å². The molecule has 0 aromatic heterocycles. The Morgan fingerprint density at radius 1 is 0.272 bits per heavy atom. The first-order valence-corrected chi connectivity index (χ1v) is 31.9. The molecule has 0 unspecified atom stereocenters. The Hall–Kier alpha value is -6.24. The van der Waals surface area contributed by atoms with E-state index in [9.17, 15) is 0 Å². The van der Waals surface area contributed by atoms with E-state index in [-0.39, 0.29) is 32.5 Å². The van der Waals surface area contributed by atoms with Gasteiger partial charge in [-0.1, -0.05) is 287 Å². The van der Waals surface area contributed by atoms with Gasteiger partial charge in [-0.15, -0.1) is 0 Å². The molecule has 4 aliphatic carbocycles. The highest BCUT2D eigenvalue weighted by atomic mass is 14.6. The second-order valence-corrected chi connectivity index (χ2v) is 28.4. The molecule has 8 aromatic rings. The molecule has 416 valence electrons. The second-order valence-electron chi connectivity index (χ2n) is 28.4. The van der Waals surface area contributed by atoms with Crippen molar-refractivity contribution in [1.29, 1.82) is 0 Å². The van der Waals surface area contributed by atoms with Gasteiger partial charge in [0, 0.05) is 16.2 Å². The summed E-state index contributed by atoms with van der Waals surface area (Å²) in [5.41, 5.74) is 31.9. The quantitative estimate of drug-likeness (QED) is 0.0751. The number of hydrogen-bond acceptors (Lipinski definition) is 0. The summed E-state index contributed by atoms with van der Waals surface area (Å²) in [5, 5.41) is 0. The molecular formula is C81H92. The summed E-state index contributed by atoms with van der Waals surface area (Å²) in [4.78, 5) is 0. The summed E-state index contributed by atoms with van der Waals surface area (Å²) in [6.45, 7) is 31.5. The zero-order valence-electron chi connectivity index (χ0n) is 51.8. The smallest absolute Gasteiger partial charge is 0.0215 e. The number of unbranched alkanes of at least 4 members (excludes halogenated alkanes) is 10. The lowest BCUT2D eigenvalue weighted by Gasteiger charge is -2.44. The maximum absolute atomic E-state index is 2.65. The van der Waals surface area contributed by atoms with E-state index < -0.39 is 0 Å². The average Bonchev–Trinajstić information content (AvgIpc) is 3.42. The molecule has 81 heavy (non-hydrogen) atoms. The lowest BCUT2D eigenvalue weighted by atomic mass is 9.59. The molecule has 0 saturated carbocycles. The maximum Gasteiger partial charge on any atom is 0.0215 e. The third-order valence-corrected chi connectivity index (χ3v) is 22.5. The Kier molecular flexibility index (Phi) is 14.0. The van der Waals surface area contributed by atoms with Crippen molar-refractivity contribution < 1.29 is 0 Å². The molecule has 12 rings (SSSR count). The summed E-state index contributed by atoms with van der Waals surface area (Å²) >= 11 is 0. The number of benzene rings is 8.